The highest BCUT2D eigenvalue weighted by atomic mass is 16.3. The Labute approximate surface area is 194 Å². The zero-order chi connectivity index (χ0) is 24.1. The molecule has 4 heterocycles. The number of benzene rings is 1. The molecule has 1 N–H and O–H groups in total. The maximum atomic E-state index is 13.3. The quantitative estimate of drug-likeness (QED) is 0.449. The fraction of sp³-hybridized carbons (Fsp3) is 0.435. The van der Waals surface area contributed by atoms with E-state index in [0.29, 0.717) is 5.65 Å². The van der Waals surface area contributed by atoms with Crippen LogP contribution in [0.4, 0.5) is 0 Å². The lowest BCUT2D eigenvalue weighted by molar-refractivity contribution is -0.131. The first kappa shape index (κ1) is 22.1. The number of hydrogen-bond acceptors (Lipinski definition) is 6. The molecule has 1 aliphatic heterocycles. The molecular weight excluding hydrogens is 438 g/mol. The number of aromatic nitrogens is 6. The molecule has 11 nitrogen and oxygen atoms in total. The second-order valence-corrected chi connectivity index (χ2v) is 8.82. The number of aliphatic hydroxyl groups is 1. The summed E-state index contributed by atoms with van der Waals surface area (Å²) in [6, 6.07) is 7.21. The molecule has 1 amide bonds. The van der Waals surface area contributed by atoms with E-state index in [-0.39, 0.29) is 31.1 Å². The van der Waals surface area contributed by atoms with E-state index in [1.807, 2.05) is 28.8 Å². The average Bonchev–Trinajstić information content (AvgIpc) is 3.52. The molecule has 178 valence electrons. The van der Waals surface area contributed by atoms with Gasteiger partial charge in [0.1, 0.15) is 18.0 Å². The van der Waals surface area contributed by atoms with Gasteiger partial charge in [0.15, 0.2) is 5.52 Å². The summed E-state index contributed by atoms with van der Waals surface area (Å²) in [5.74, 6) is 0.732. The predicted molar refractivity (Wildman–Crippen MR) is 126 cm³/mol. The second-order valence-electron chi connectivity index (χ2n) is 8.82. The van der Waals surface area contributed by atoms with Crippen molar-refractivity contribution in [1.82, 2.24) is 33.1 Å². The highest BCUT2D eigenvalue weighted by Crippen LogP contribution is 2.26. The van der Waals surface area contributed by atoms with Crippen LogP contribution in [0, 0.1) is 0 Å². The van der Waals surface area contributed by atoms with Gasteiger partial charge in [-0.2, -0.15) is 0 Å². The molecule has 0 radical (unpaired) electrons. The Hall–Kier alpha value is -3.73. The average molecular weight is 466 g/mol. The number of nitrogens with zero attached hydrogens (tertiary/aromatic N) is 7. The van der Waals surface area contributed by atoms with Crippen LogP contribution < -0.4 is 11.2 Å². The van der Waals surface area contributed by atoms with Crippen LogP contribution in [0.5, 0.6) is 0 Å². The number of para-hydroxylation sites is 2. The first-order valence-corrected chi connectivity index (χ1v) is 11.3. The fourth-order valence-electron chi connectivity index (χ4n) is 4.84. The maximum Gasteiger partial charge on any atom is 0.332 e. The van der Waals surface area contributed by atoms with Crippen molar-refractivity contribution in [2.24, 2.45) is 14.1 Å². The highest BCUT2D eigenvalue weighted by molar-refractivity contribution is 5.81. The van der Waals surface area contributed by atoms with E-state index < -0.39 is 23.4 Å². The summed E-state index contributed by atoms with van der Waals surface area (Å²) in [4.78, 5) is 48.7. The molecule has 0 aliphatic carbocycles. The molecule has 1 fully saturated rings. The molecule has 1 saturated heterocycles. The lowest BCUT2D eigenvalue weighted by Gasteiger charge is -2.19. The maximum absolute atomic E-state index is 13.3. The van der Waals surface area contributed by atoms with Crippen molar-refractivity contribution in [3.8, 4) is 0 Å². The molecular formula is C23H27N7O4. The van der Waals surface area contributed by atoms with Gasteiger partial charge in [-0.15, -0.1) is 0 Å². The van der Waals surface area contributed by atoms with Crippen LogP contribution in [-0.2, 0) is 31.9 Å². The molecule has 11 heteroatoms. The van der Waals surface area contributed by atoms with E-state index in [2.05, 4.69) is 16.9 Å². The highest BCUT2D eigenvalue weighted by Gasteiger charge is 2.37. The van der Waals surface area contributed by atoms with E-state index in [1.54, 1.807) is 16.5 Å². The summed E-state index contributed by atoms with van der Waals surface area (Å²) in [5.41, 5.74) is 1.27. The van der Waals surface area contributed by atoms with Gasteiger partial charge in [-0.3, -0.25) is 18.7 Å². The topological polar surface area (TPSA) is 120 Å². The molecule has 0 saturated carbocycles. The molecule has 5 rings (SSSR count). The van der Waals surface area contributed by atoms with Gasteiger partial charge in [0.2, 0.25) is 5.91 Å². The Kier molecular flexibility index (Phi) is 5.35. The standard InChI is InChI=1S/C23H27N7O4/c1-4-7-18-25-14-8-5-6-9-15(14)29(18)12-19(32)28-10-16(17(31)11-28)30-13-24-20-21(30)26(2)23(34)27(3)22(20)33/h5-6,8-9,13,16-17,31H,4,7,10-12H2,1-3H3/t16-,17-/m0/s1. The van der Waals surface area contributed by atoms with Crippen LogP contribution in [0.1, 0.15) is 25.2 Å². The Bertz CT molecular complexity index is 1530. The number of carbonyl (C=O) groups is 1. The number of fused-ring (bicyclic) bond motifs is 2. The minimum atomic E-state index is -0.866. The van der Waals surface area contributed by atoms with Crippen molar-refractivity contribution in [3.05, 3.63) is 57.3 Å². The lowest BCUT2D eigenvalue weighted by Crippen LogP contribution is -2.38. The smallest absolute Gasteiger partial charge is 0.332 e. The Morgan fingerprint density at radius 2 is 1.91 bits per heavy atom. The molecule has 4 aromatic rings. The largest absolute Gasteiger partial charge is 0.389 e. The number of aryl methyl sites for hydroxylation is 2. The first-order chi connectivity index (χ1) is 16.3. The van der Waals surface area contributed by atoms with E-state index in [0.717, 1.165) is 34.3 Å². The molecule has 2 atom stereocenters. The van der Waals surface area contributed by atoms with Crippen molar-refractivity contribution in [1.29, 1.82) is 0 Å². The molecule has 3 aromatic heterocycles. The summed E-state index contributed by atoms with van der Waals surface area (Å²) in [7, 11) is 2.96. The van der Waals surface area contributed by atoms with E-state index >= 15 is 0 Å². The number of rotatable bonds is 5. The SMILES string of the molecule is CCCc1nc2ccccc2n1CC(=O)N1C[C@H](O)[C@@H](n2cnc3c(=O)n(C)c(=O)n(C)c32)C1. The van der Waals surface area contributed by atoms with Gasteiger partial charge in [0, 0.05) is 33.6 Å². The van der Waals surface area contributed by atoms with Gasteiger partial charge in [-0.25, -0.2) is 14.8 Å². The van der Waals surface area contributed by atoms with Gasteiger partial charge in [-0.05, 0) is 18.6 Å². The van der Waals surface area contributed by atoms with Gasteiger partial charge in [-0.1, -0.05) is 19.1 Å². The van der Waals surface area contributed by atoms with Crippen molar-refractivity contribution in [3.63, 3.8) is 0 Å². The number of imidazole rings is 2. The molecule has 0 unspecified atom stereocenters. The van der Waals surface area contributed by atoms with Crippen LogP contribution >= 0.6 is 0 Å². The Morgan fingerprint density at radius 1 is 1.15 bits per heavy atom. The van der Waals surface area contributed by atoms with E-state index in [4.69, 9.17) is 0 Å². The monoisotopic (exact) mass is 465 g/mol. The summed E-state index contributed by atoms with van der Waals surface area (Å²) < 4.78 is 5.92. The van der Waals surface area contributed by atoms with Crippen LogP contribution in [0.15, 0.2) is 40.2 Å². The number of β-amino-alcohol motifs (C(OH)–C–C–N with tert-alkyl or cyclic N) is 1. The summed E-state index contributed by atoms with van der Waals surface area (Å²) >= 11 is 0. The number of likely N-dealkylation sites (tertiary alicyclic amines) is 1. The number of hydrogen-bond donors (Lipinski definition) is 1. The third-order valence-electron chi connectivity index (χ3n) is 6.64. The summed E-state index contributed by atoms with van der Waals surface area (Å²) in [5, 5.41) is 10.8. The van der Waals surface area contributed by atoms with E-state index in [1.165, 1.54) is 17.9 Å². The normalized spacial score (nSPS) is 18.4. The molecule has 1 aromatic carbocycles. The van der Waals surface area contributed by atoms with Crippen molar-refractivity contribution in [2.45, 2.75) is 38.5 Å². The third kappa shape index (κ3) is 3.35. The van der Waals surface area contributed by atoms with Gasteiger partial charge < -0.3 is 19.1 Å². The third-order valence-corrected chi connectivity index (χ3v) is 6.64. The zero-order valence-corrected chi connectivity index (χ0v) is 19.4. The summed E-state index contributed by atoms with van der Waals surface area (Å²) in [6.45, 7) is 2.59. The lowest BCUT2D eigenvalue weighted by atomic mass is 10.2. The van der Waals surface area contributed by atoms with Crippen molar-refractivity contribution < 1.29 is 9.90 Å². The number of carbonyl (C=O) groups excluding carboxylic acids is 1. The Morgan fingerprint density at radius 3 is 2.68 bits per heavy atom. The Balaban J connectivity index is 1.45. The number of amides is 1. The van der Waals surface area contributed by atoms with Gasteiger partial charge in [0.25, 0.3) is 5.56 Å². The second kappa shape index (κ2) is 8.24. The number of aliphatic hydroxyl groups excluding tert-OH is 1. The van der Waals surface area contributed by atoms with Crippen LogP contribution in [0.3, 0.4) is 0 Å². The minimum Gasteiger partial charge on any atom is -0.389 e. The molecule has 1 aliphatic rings. The summed E-state index contributed by atoms with van der Waals surface area (Å²) in [6.07, 6.45) is 2.26. The molecule has 0 bridgehead atoms. The van der Waals surface area contributed by atoms with Gasteiger partial charge in [0.05, 0.1) is 29.5 Å². The van der Waals surface area contributed by atoms with Crippen LogP contribution in [-0.4, -0.2) is 63.3 Å². The van der Waals surface area contributed by atoms with Crippen molar-refractivity contribution >= 4 is 28.1 Å². The van der Waals surface area contributed by atoms with Gasteiger partial charge >= 0.3 is 5.69 Å². The first-order valence-electron chi connectivity index (χ1n) is 11.3. The van der Waals surface area contributed by atoms with Crippen molar-refractivity contribution in [2.75, 3.05) is 13.1 Å². The predicted octanol–water partition coefficient (Wildman–Crippen LogP) is 0.180. The zero-order valence-electron chi connectivity index (χ0n) is 19.4. The minimum absolute atomic E-state index is 0.124. The molecule has 34 heavy (non-hydrogen) atoms. The fourth-order valence-corrected chi connectivity index (χ4v) is 4.84. The van der Waals surface area contributed by atoms with Crippen LogP contribution in [0.25, 0.3) is 22.2 Å². The van der Waals surface area contributed by atoms with E-state index in [9.17, 15) is 19.5 Å². The molecule has 0 spiro atoms. The van der Waals surface area contributed by atoms with Crippen LogP contribution in [0.2, 0.25) is 0 Å².